The van der Waals surface area contributed by atoms with Crippen LogP contribution < -0.4 is 10.5 Å². The summed E-state index contributed by atoms with van der Waals surface area (Å²) in [5.74, 6) is -0.609. The van der Waals surface area contributed by atoms with Crippen molar-refractivity contribution < 1.29 is 17.9 Å². The highest BCUT2D eigenvalue weighted by molar-refractivity contribution is 7.89. The molecule has 0 saturated heterocycles. The van der Waals surface area contributed by atoms with Crippen LogP contribution in [0.15, 0.2) is 35.4 Å². The summed E-state index contributed by atoms with van der Waals surface area (Å²) in [5, 5.41) is 0.862. The third-order valence-electron chi connectivity index (χ3n) is 4.74. The Hall–Kier alpha value is -2.03. The topological polar surface area (TPSA) is 111 Å². The molecule has 1 heterocycles. The van der Waals surface area contributed by atoms with Gasteiger partial charge in [-0.15, -0.1) is 0 Å². The number of rotatable bonds is 5. The highest BCUT2D eigenvalue weighted by atomic mass is 32.2. The van der Waals surface area contributed by atoms with Crippen LogP contribution >= 0.6 is 0 Å². The van der Waals surface area contributed by atoms with E-state index in [9.17, 15) is 13.2 Å². The number of carbonyl (C=O) groups excluding carboxylic acids is 1. The average molecular weight is 363 g/mol. The predicted molar refractivity (Wildman–Crippen MR) is 93.7 cm³/mol. The highest BCUT2D eigenvalue weighted by Gasteiger charge is 2.37. The van der Waals surface area contributed by atoms with E-state index in [0.717, 1.165) is 25.7 Å². The number of aromatic nitrogens is 1. The van der Waals surface area contributed by atoms with Crippen molar-refractivity contribution >= 4 is 26.8 Å². The van der Waals surface area contributed by atoms with E-state index in [1.165, 1.54) is 19.4 Å². The maximum atomic E-state index is 13.0. The number of nitrogens with one attached hydrogen (secondary N) is 1. The minimum atomic E-state index is -3.80. The zero-order valence-electron chi connectivity index (χ0n) is 14.0. The molecule has 134 valence electrons. The summed E-state index contributed by atoms with van der Waals surface area (Å²) < 4.78 is 33.6. The number of nitrogens with two attached hydrogens (primary N) is 1. The summed E-state index contributed by atoms with van der Waals surface area (Å²) in [5.41, 5.74) is 5.34. The van der Waals surface area contributed by atoms with Gasteiger partial charge in [0.1, 0.15) is 0 Å². The number of pyridine rings is 1. The number of methoxy groups -OCH3 is 1. The SMILES string of the molecule is COC(=O)c1nccc2c(S(=O)(=O)NC3(CN)CCCC3)cccc12. The molecular formula is C17H21N3O4S. The molecule has 1 aromatic carbocycles. The quantitative estimate of drug-likeness (QED) is 0.780. The first-order valence-corrected chi connectivity index (χ1v) is 9.61. The van der Waals surface area contributed by atoms with Gasteiger partial charge in [-0.3, -0.25) is 0 Å². The molecule has 0 unspecified atom stereocenters. The number of hydrogen-bond donors (Lipinski definition) is 2. The second-order valence-electron chi connectivity index (χ2n) is 6.30. The molecule has 1 aromatic heterocycles. The maximum absolute atomic E-state index is 13.0. The molecule has 1 aliphatic carbocycles. The summed E-state index contributed by atoms with van der Waals surface area (Å²) in [7, 11) is -2.54. The van der Waals surface area contributed by atoms with Gasteiger partial charge in [0.15, 0.2) is 5.69 Å². The summed E-state index contributed by atoms with van der Waals surface area (Å²) in [6.07, 6.45) is 4.75. The van der Waals surface area contributed by atoms with Crippen molar-refractivity contribution in [2.75, 3.05) is 13.7 Å². The predicted octanol–water partition coefficient (Wildman–Crippen LogP) is 1.57. The van der Waals surface area contributed by atoms with Crippen LogP contribution in [-0.4, -0.2) is 38.6 Å². The zero-order valence-corrected chi connectivity index (χ0v) is 14.8. The monoisotopic (exact) mass is 363 g/mol. The lowest BCUT2D eigenvalue weighted by molar-refractivity contribution is 0.0596. The average Bonchev–Trinajstić information content (AvgIpc) is 3.08. The van der Waals surface area contributed by atoms with E-state index in [1.54, 1.807) is 18.2 Å². The van der Waals surface area contributed by atoms with Crippen molar-refractivity contribution in [3.05, 3.63) is 36.2 Å². The molecule has 0 aliphatic heterocycles. The van der Waals surface area contributed by atoms with Crippen molar-refractivity contribution in [3.8, 4) is 0 Å². The van der Waals surface area contributed by atoms with Crippen LogP contribution in [0.25, 0.3) is 10.8 Å². The largest absolute Gasteiger partial charge is 0.464 e. The van der Waals surface area contributed by atoms with E-state index in [2.05, 4.69) is 9.71 Å². The first kappa shape index (κ1) is 17.8. The number of carbonyl (C=O) groups is 1. The molecule has 25 heavy (non-hydrogen) atoms. The summed E-state index contributed by atoms with van der Waals surface area (Å²) >= 11 is 0. The van der Waals surface area contributed by atoms with E-state index < -0.39 is 21.5 Å². The normalized spacial score (nSPS) is 16.9. The van der Waals surface area contributed by atoms with Gasteiger partial charge in [0.05, 0.1) is 12.0 Å². The summed E-state index contributed by atoms with van der Waals surface area (Å²) in [6.45, 7) is 0.256. The number of esters is 1. The van der Waals surface area contributed by atoms with E-state index >= 15 is 0 Å². The molecule has 0 atom stereocenters. The molecule has 3 rings (SSSR count). The Morgan fingerprint density at radius 3 is 2.64 bits per heavy atom. The number of fused-ring (bicyclic) bond motifs is 1. The van der Waals surface area contributed by atoms with Gasteiger partial charge >= 0.3 is 5.97 Å². The standard InChI is InChI=1S/C17H21N3O4S/c1-24-16(21)15-13-5-4-6-14(12(13)7-10-19-15)25(22,23)20-17(11-18)8-2-3-9-17/h4-7,10,20H,2-3,8-9,11,18H2,1H3. The molecule has 1 fully saturated rings. The van der Waals surface area contributed by atoms with E-state index in [4.69, 9.17) is 10.5 Å². The Bertz CT molecular complexity index is 905. The van der Waals surface area contributed by atoms with Crippen LogP contribution in [0.2, 0.25) is 0 Å². The van der Waals surface area contributed by atoms with Gasteiger partial charge in [0, 0.05) is 29.1 Å². The van der Waals surface area contributed by atoms with E-state index in [-0.39, 0.29) is 17.1 Å². The van der Waals surface area contributed by atoms with Crippen molar-refractivity contribution in [1.29, 1.82) is 0 Å². The first-order valence-electron chi connectivity index (χ1n) is 8.12. The van der Waals surface area contributed by atoms with Gasteiger partial charge in [-0.1, -0.05) is 25.0 Å². The maximum Gasteiger partial charge on any atom is 0.357 e. The Labute approximate surface area is 146 Å². The minimum absolute atomic E-state index is 0.0893. The lowest BCUT2D eigenvalue weighted by Crippen LogP contribution is -2.51. The van der Waals surface area contributed by atoms with Crippen molar-refractivity contribution in [2.24, 2.45) is 5.73 Å². The van der Waals surface area contributed by atoms with Gasteiger partial charge < -0.3 is 10.5 Å². The zero-order chi connectivity index (χ0) is 18.1. The Kier molecular flexibility index (Phi) is 4.77. The molecule has 2 aromatic rings. The second kappa shape index (κ2) is 6.70. The molecule has 1 saturated carbocycles. The fourth-order valence-electron chi connectivity index (χ4n) is 3.41. The van der Waals surface area contributed by atoms with E-state index in [1.807, 2.05) is 0 Å². The lowest BCUT2D eigenvalue weighted by atomic mass is 10.0. The van der Waals surface area contributed by atoms with E-state index in [0.29, 0.717) is 10.8 Å². The van der Waals surface area contributed by atoms with Crippen LogP contribution in [0, 0.1) is 0 Å². The first-order chi connectivity index (χ1) is 11.9. The minimum Gasteiger partial charge on any atom is -0.464 e. The Balaban J connectivity index is 2.10. The van der Waals surface area contributed by atoms with Crippen molar-refractivity contribution in [3.63, 3.8) is 0 Å². The number of benzene rings is 1. The molecule has 0 radical (unpaired) electrons. The van der Waals surface area contributed by atoms with Gasteiger partial charge in [-0.25, -0.2) is 22.9 Å². The second-order valence-corrected chi connectivity index (χ2v) is 7.95. The van der Waals surface area contributed by atoms with Gasteiger partial charge in [0.2, 0.25) is 10.0 Å². The van der Waals surface area contributed by atoms with Crippen LogP contribution in [0.4, 0.5) is 0 Å². The third-order valence-corrected chi connectivity index (χ3v) is 6.37. The molecule has 7 nitrogen and oxygen atoms in total. The number of hydrogen-bond acceptors (Lipinski definition) is 6. The smallest absolute Gasteiger partial charge is 0.357 e. The van der Waals surface area contributed by atoms with Crippen LogP contribution in [0.3, 0.4) is 0 Å². The number of nitrogens with zero attached hydrogens (tertiary/aromatic N) is 1. The lowest BCUT2D eigenvalue weighted by Gasteiger charge is -2.28. The molecule has 3 N–H and O–H groups in total. The van der Waals surface area contributed by atoms with Gasteiger partial charge in [-0.2, -0.15) is 0 Å². The number of sulfonamides is 1. The van der Waals surface area contributed by atoms with Gasteiger partial charge in [-0.05, 0) is 25.0 Å². The molecule has 1 aliphatic rings. The summed E-state index contributed by atoms with van der Waals surface area (Å²) in [4.78, 5) is 16.0. The molecule has 0 spiro atoms. The van der Waals surface area contributed by atoms with Crippen LogP contribution in [0.5, 0.6) is 0 Å². The molecule has 0 bridgehead atoms. The van der Waals surface area contributed by atoms with Crippen molar-refractivity contribution in [2.45, 2.75) is 36.1 Å². The highest BCUT2D eigenvalue weighted by Crippen LogP contribution is 2.32. The number of ether oxygens (including phenoxy) is 1. The van der Waals surface area contributed by atoms with Gasteiger partial charge in [0.25, 0.3) is 0 Å². The van der Waals surface area contributed by atoms with Crippen LogP contribution in [-0.2, 0) is 14.8 Å². The molecular weight excluding hydrogens is 342 g/mol. The Morgan fingerprint density at radius 1 is 1.28 bits per heavy atom. The third kappa shape index (κ3) is 3.24. The summed E-state index contributed by atoms with van der Waals surface area (Å²) in [6, 6.07) is 6.35. The van der Waals surface area contributed by atoms with Crippen molar-refractivity contribution in [1.82, 2.24) is 9.71 Å². The molecule has 8 heteroatoms. The fraction of sp³-hybridized carbons (Fsp3) is 0.412. The van der Waals surface area contributed by atoms with Crippen LogP contribution in [0.1, 0.15) is 36.2 Å². The fourth-order valence-corrected chi connectivity index (χ4v) is 5.10. The molecule has 0 amide bonds. The Morgan fingerprint density at radius 2 is 2.00 bits per heavy atom.